The predicted molar refractivity (Wildman–Crippen MR) is 87.8 cm³/mol. The number of nitrogens with zero attached hydrogens (tertiary/aromatic N) is 1. The van der Waals surface area contributed by atoms with Crippen molar-refractivity contribution in [2.75, 3.05) is 0 Å². The minimum Gasteiger partial charge on any atom is -0.256 e. The Bertz CT molecular complexity index is 955. The zero-order valence-corrected chi connectivity index (χ0v) is 11.5. The largest absolute Gasteiger partial charge is 0.256 e. The summed E-state index contributed by atoms with van der Waals surface area (Å²) < 4.78 is 0. The lowest BCUT2D eigenvalue weighted by Crippen LogP contribution is -1.88. The van der Waals surface area contributed by atoms with Crippen molar-refractivity contribution in [2.24, 2.45) is 0 Å². The molecule has 98 valence electrons. The van der Waals surface area contributed by atoms with Crippen LogP contribution in [0.1, 0.15) is 17.5 Å². The second-order valence-corrected chi connectivity index (χ2v) is 5.58. The Kier molecular flexibility index (Phi) is 2.06. The van der Waals surface area contributed by atoms with Crippen LogP contribution in [0.5, 0.6) is 0 Å². The van der Waals surface area contributed by atoms with Crippen LogP contribution in [0.4, 0.5) is 0 Å². The fraction of sp³-hybridized carbons (Fsp3) is 0.0500. The van der Waals surface area contributed by atoms with E-state index < -0.39 is 0 Å². The van der Waals surface area contributed by atoms with Gasteiger partial charge in [-0.2, -0.15) is 0 Å². The summed E-state index contributed by atoms with van der Waals surface area (Å²) in [5.74, 6) is 0. The maximum absolute atomic E-state index is 4.71. The van der Waals surface area contributed by atoms with Crippen molar-refractivity contribution < 1.29 is 0 Å². The van der Waals surface area contributed by atoms with Crippen molar-refractivity contribution in [3.63, 3.8) is 0 Å². The normalized spacial score (nSPS) is 15.0. The molecule has 0 bridgehead atoms. The Morgan fingerprint density at radius 3 is 2.38 bits per heavy atom. The molecule has 0 fully saturated rings. The van der Waals surface area contributed by atoms with Crippen LogP contribution in [0.2, 0.25) is 0 Å². The summed E-state index contributed by atoms with van der Waals surface area (Å²) in [5, 5.41) is 2.55. The zero-order chi connectivity index (χ0) is 13.8. The van der Waals surface area contributed by atoms with Crippen LogP contribution in [0.15, 0.2) is 66.9 Å². The van der Waals surface area contributed by atoms with Gasteiger partial charge in [0.05, 0.1) is 5.69 Å². The summed E-state index contributed by atoms with van der Waals surface area (Å²) in [4.78, 5) is 4.71. The van der Waals surface area contributed by atoms with E-state index >= 15 is 0 Å². The number of allylic oxidation sites excluding steroid dienone is 4. The molecule has 0 atom stereocenters. The second-order valence-electron chi connectivity index (χ2n) is 5.58. The van der Waals surface area contributed by atoms with Crippen LogP contribution in [-0.2, 0) is 0 Å². The molecule has 0 N–H and O–H groups in total. The molecule has 3 aromatic rings. The van der Waals surface area contributed by atoms with Gasteiger partial charge in [0, 0.05) is 17.1 Å². The topological polar surface area (TPSA) is 12.9 Å². The van der Waals surface area contributed by atoms with Gasteiger partial charge in [-0.1, -0.05) is 54.6 Å². The van der Waals surface area contributed by atoms with Gasteiger partial charge in [0.2, 0.25) is 0 Å². The van der Waals surface area contributed by atoms with Crippen molar-refractivity contribution in [3.05, 3.63) is 78.0 Å². The molecule has 1 aromatic heterocycles. The summed E-state index contributed by atoms with van der Waals surface area (Å²) in [5.41, 5.74) is 7.69. The number of rotatable bonds is 0. The van der Waals surface area contributed by atoms with E-state index in [4.69, 9.17) is 4.98 Å². The summed E-state index contributed by atoms with van der Waals surface area (Å²) in [6, 6.07) is 17.3. The first-order chi connectivity index (χ1) is 10.4. The molecule has 2 aromatic carbocycles. The number of fused-ring (bicyclic) bond motifs is 5. The molecule has 1 heterocycles. The molecule has 0 amide bonds. The highest BCUT2D eigenvalue weighted by Crippen LogP contribution is 2.47. The van der Waals surface area contributed by atoms with E-state index in [9.17, 15) is 0 Å². The highest BCUT2D eigenvalue weighted by molar-refractivity contribution is 6.19. The Balaban J connectivity index is 2.06. The molecule has 0 radical (unpaired) electrons. The van der Waals surface area contributed by atoms with Crippen molar-refractivity contribution in [1.82, 2.24) is 4.98 Å². The van der Waals surface area contributed by atoms with Crippen LogP contribution >= 0.6 is 0 Å². The van der Waals surface area contributed by atoms with Crippen LogP contribution in [0.25, 0.3) is 33.2 Å². The summed E-state index contributed by atoms with van der Waals surface area (Å²) >= 11 is 0. The maximum Gasteiger partial charge on any atom is 0.0792 e. The first kappa shape index (κ1) is 11.0. The van der Waals surface area contributed by atoms with Crippen molar-refractivity contribution in [1.29, 1.82) is 0 Å². The number of benzene rings is 2. The first-order valence-corrected chi connectivity index (χ1v) is 7.32. The van der Waals surface area contributed by atoms with E-state index in [-0.39, 0.29) is 0 Å². The Labute approximate surface area is 123 Å². The third-order valence-electron chi connectivity index (χ3n) is 4.49. The molecule has 0 saturated carbocycles. The average molecular weight is 267 g/mol. The molecule has 0 aliphatic heterocycles. The fourth-order valence-electron chi connectivity index (χ4n) is 3.61. The standard InChI is InChI=1S/C20H13N/c1-2-7-18-16(6-1)14-8-4-9-15(14)17-10-3-5-13-11-12-21-20(18)19(13)17/h1-3,5-12H,4H2. The molecule has 0 unspecified atom stereocenters. The van der Waals surface area contributed by atoms with E-state index in [0.29, 0.717) is 0 Å². The minimum atomic E-state index is 1.02. The molecule has 5 rings (SSSR count). The van der Waals surface area contributed by atoms with Gasteiger partial charge in [0.15, 0.2) is 0 Å². The van der Waals surface area contributed by atoms with Gasteiger partial charge in [0.25, 0.3) is 0 Å². The lowest BCUT2D eigenvalue weighted by molar-refractivity contribution is 1.35. The Morgan fingerprint density at radius 2 is 1.48 bits per heavy atom. The third kappa shape index (κ3) is 1.38. The summed E-state index contributed by atoms with van der Waals surface area (Å²) in [6.45, 7) is 0. The van der Waals surface area contributed by atoms with Gasteiger partial charge >= 0.3 is 0 Å². The van der Waals surface area contributed by atoms with Crippen LogP contribution in [0.3, 0.4) is 0 Å². The quantitative estimate of drug-likeness (QED) is 0.553. The molecule has 0 saturated heterocycles. The van der Waals surface area contributed by atoms with Gasteiger partial charge in [-0.25, -0.2) is 0 Å². The zero-order valence-electron chi connectivity index (χ0n) is 11.5. The van der Waals surface area contributed by atoms with Gasteiger partial charge < -0.3 is 0 Å². The lowest BCUT2D eigenvalue weighted by atomic mass is 9.94. The van der Waals surface area contributed by atoms with Gasteiger partial charge in [-0.05, 0) is 40.1 Å². The highest BCUT2D eigenvalue weighted by atomic mass is 14.7. The molecular formula is C20H13N. The Hall–Kier alpha value is -2.67. The number of hydrogen-bond acceptors (Lipinski definition) is 1. The Morgan fingerprint density at radius 1 is 0.714 bits per heavy atom. The van der Waals surface area contributed by atoms with E-state index in [1.165, 1.54) is 38.6 Å². The van der Waals surface area contributed by atoms with Crippen molar-refractivity contribution in [2.45, 2.75) is 6.42 Å². The van der Waals surface area contributed by atoms with Gasteiger partial charge in [0.1, 0.15) is 0 Å². The van der Waals surface area contributed by atoms with Gasteiger partial charge in [-0.15, -0.1) is 0 Å². The lowest BCUT2D eigenvalue weighted by Gasteiger charge is -2.09. The van der Waals surface area contributed by atoms with E-state index in [1.54, 1.807) is 0 Å². The van der Waals surface area contributed by atoms with Crippen molar-refractivity contribution in [3.8, 4) is 11.3 Å². The summed E-state index contributed by atoms with van der Waals surface area (Å²) in [7, 11) is 0. The summed E-state index contributed by atoms with van der Waals surface area (Å²) in [6.07, 6.45) is 7.61. The number of hydrogen-bond donors (Lipinski definition) is 0. The number of pyridine rings is 1. The van der Waals surface area contributed by atoms with Crippen molar-refractivity contribution >= 4 is 21.9 Å². The fourth-order valence-corrected chi connectivity index (χ4v) is 3.61. The van der Waals surface area contributed by atoms with E-state index in [1.807, 2.05) is 6.20 Å². The van der Waals surface area contributed by atoms with E-state index in [2.05, 4.69) is 60.7 Å². The molecular weight excluding hydrogens is 254 g/mol. The van der Waals surface area contributed by atoms with E-state index in [0.717, 1.165) is 12.1 Å². The monoisotopic (exact) mass is 267 g/mol. The first-order valence-electron chi connectivity index (χ1n) is 7.32. The van der Waals surface area contributed by atoms with Crippen LogP contribution in [-0.4, -0.2) is 4.98 Å². The maximum atomic E-state index is 4.71. The molecule has 21 heavy (non-hydrogen) atoms. The molecule has 1 heteroatoms. The van der Waals surface area contributed by atoms with Gasteiger partial charge in [-0.3, -0.25) is 4.98 Å². The molecule has 1 nitrogen and oxygen atoms in total. The second kappa shape index (κ2) is 3.92. The molecule has 0 spiro atoms. The highest BCUT2D eigenvalue weighted by Gasteiger charge is 2.24. The third-order valence-corrected chi connectivity index (χ3v) is 4.49. The smallest absolute Gasteiger partial charge is 0.0792 e. The average Bonchev–Trinajstić information content (AvgIpc) is 2.99. The van der Waals surface area contributed by atoms with Crippen LogP contribution < -0.4 is 0 Å². The van der Waals surface area contributed by atoms with Crippen LogP contribution in [0, 0.1) is 0 Å². The SMILES string of the molecule is C1=C2C(=CC1)c1cccc3ccnc(c13)-c1ccccc12. The molecule has 2 aliphatic rings. The minimum absolute atomic E-state index is 1.02. The molecule has 2 aliphatic carbocycles. The predicted octanol–water partition coefficient (Wildman–Crippen LogP) is 5.09. The number of aromatic nitrogens is 1.